The van der Waals surface area contributed by atoms with E-state index in [1.54, 1.807) is 18.5 Å². The van der Waals surface area contributed by atoms with Crippen LogP contribution in [-0.4, -0.2) is 11.6 Å². The molecule has 0 fully saturated rings. The van der Waals surface area contributed by atoms with Gasteiger partial charge in [0, 0.05) is 18.0 Å². The Labute approximate surface area is 111 Å². The van der Waals surface area contributed by atoms with E-state index in [1.807, 2.05) is 31.2 Å². The van der Waals surface area contributed by atoms with Crippen molar-refractivity contribution in [2.75, 3.05) is 6.61 Å². The van der Waals surface area contributed by atoms with Crippen LogP contribution < -0.4 is 9.47 Å². The molecule has 94 valence electrons. The summed E-state index contributed by atoms with van der Waals surface area (Å²) in [5, 5.41) is 0. The number of aromatic nitrogens is 1. The molecule has 4 heteroatoms. The van der Waals surface area contributed by atoms with Crippen molar-refractivity contribution in [3.63, 3.8) is 0 Å². The fourth-order valence-electron chi connectivity index (χ4n) is 1.54. The number of rotatable bonds is 5. The lowest BCUT2D eigenvalue weighted by atomic mass is 10.3. The average Bonchev–Trinajstić information content (AvgIpc) is 2.42. The summed E-state index contributed by atoms with van der Waals surface area (Å²) in [5.41, 5.74) is 0.852. The van der Waals surface area contributed by atoms with Gasteiger partial charge < -0.3 is 9.47 Å². The molecule has 0 unspecified atom stereocenters. The lowest BCUT2D eigenvalue weighted by molar-refractivity contribution is 0.321. The molecule has 0 saturated carbocycles. The zero-order valence-electron chi connectivity index (χ0n) is 10.1. The maximum atomic E-state index is 5.85. The maximum absolute atomic E-state index is 5.85. The topological polar surface area (TPSA) is 31.4 Å². The molecule has 1 heterocycles. The van der Waals surface area contributed by atoms with Crippen LogP contribution in [-0.2, 0) is 5.88 Å². The summed E-state index contributed by atoms with van der Waals surface area (Å²) in [5.74, 6) is 2.46. The van der Waals surface area contributed by atoms with Crippen molar-refractivity contribution in [3.05, 3.63) is 48.3 Å². The van der Waals surface area contributed by atoms with Crippen LogP contribution >= 0.6 is 11.6 Å². The molecule has 1 aromatic heterocycles. The molecule has 0 atom stereocenters. The van der Waals surface area contributed by atoms with E-state index in [0.29, 0.717) is 24.0 Å². The first-order valence-electron chi connectivity index (χ1n) is 5.73. The van der Waals surface area contributed by atoms with Crippen molar-refractivity contribution >= 4 is 11.6 Å². The molecule has 0 aliphatic carbocycles. The van der Waals surface area contributed by atoms with E-state index in [-0.39, 0.29) is 0 Å². The van der Waals surface area contributed by atoms with E-state index >= 15 is 0 Å². The van der Waals surface area contributed by atoms with E-state index < -0.39 is 0 Å². The molecule has 2 aromatic rings. The van der Waals surface area contributed by atoms with Crippen LogP contribution in [0.15, 0.2) is 42.7 Å². The first-order chi connectivity index (χ1) is 8.85. The average molecular weight is 264 g/mol. The zero-order chi connectivity index (χ0) is 12.8. The van der Waals surface area contributed by atoms with Crippen molar-refractivity contribution in [3.8, 4) is 17.2 Å². The van der Waals surface area contributed by atoms with E-state index in [0.717, 1.165) is 11.3 Å². The van der Waals surface area contributed by atoms with Crippen LogP contribution in [0.1, 0.15) is 12.5 Å². The number of benzene rings is 1. The lowest BCUT2D eigenvalue weighted by Gasteiger charge is -2.12. The Balaban J connectivity index is 2.28. The van der Waals surface area contributed by atoms with Gasteiger partial charge in [0.1, 0.15) is 5.75 Å². The monoisotopic (exact) mass is 263 g/mol. The van der Waals surface area contributed by atoms with Gasteiger partial charge in [0.25, 0.3) is 0 Å². The van der Waals surface area contributed by atoms with E-state index in [4.69, 9.17) is 21.1 Å². The Kier molecular flexibility index (Phi) is 4.42. The first-order valence-corrected chi connectivity index (χ1v) is 6.27. The summed E-state index contributed by atoms with van der Waals surface area (Å²) >= 11 is 5.85. The maximum Gasteiger partial charge on any atom is 0.169 e. The summed E-state index contributed by atoms with van der Waals surface area (Å²) in [4.78, 5) is 4.02. The van der Waals surface area contributed by atoms with Gasteiger partial charge in [-0.3, -0.25) is 4.98 Å². The summed E-state index contributed by atoms with van der Waals surface area (Å²) in [6.45, 7) is 2.53. The minimum Gasteiger partial charge on any atom is -0.490 e. The molecule has 18 heavy (non-hydrogen) atoms. The molecule has 0 saturated heterocycles. The highest BCUT2D eigenvalue weighted by atomic mass is 35.5. The first kappa shape index (κ1) is 12.7. The molecule has 1 aromatic carbocycles. The van der Waals surface area contributed by atoms with Crippen LogP contribution in [0.4, 0.5) is 0 Å². The largest absolute Gasteiger partial charge is 0.490 e. The summed E-state index contributed by atoms with van der Waals surface area (Å²) in [6, 6.07) is 9.34. The van der Waals surface area contributed by atoms with Gasteiger partial charge in [-0.05, 0) is 25.1 Å². The van der Waals surface area contributed by atoms with Crippen LogP contribution in [0, 0.1) is 0 Å². The predicted molar refractivity (Wildman–Crippen MR) is 71.5 cm³/mol. The number of ether oxygens (including phenoxy) is 2. The second kappa shape index (κ2) is 6.26. The standard InChI is InChI=1S/C14H14ClNO2/c1-2-17-13-5-3-4-6-14(13)18-12-7-8-16-10-11(12)9-15/h3-8,10H,2,9H2,1H3. The lowest BCUT2D eigenvalue weighted by Crippen LogP contribution is -1.96. The molecule has 0 aliphatic rings. The van der Waals surface area contributed by atoms with Crippen LogP contribution in [0.25, 0.3) is 0 Å². The highest BCUT2D eigenvalue weighted by Gasteiger charge is 2.08. The van der Waals surface area contributed by atoms with Crippen molar-refractivity contribution in [2.24, 2.45) is 0 Å². The molecule has 0 radical (unpaired) electrons. The second-order valence-corrected chi connectivity index (χ2v) is 3.87. The van der Waals surface area contributed by atoms with Crippen molar-refractivity contribution < 1.29 is 9.47 Å². The van der Waals surface area contributed by atoms with Gasteiger partial charge in [0.05, 0.1) is 12.5 Å². The van der Waals surface area contributed by atoms with Gasteiger partial charge in [-0.25, -0.2) is 0 Å². The number of nitrogens with zero attached hydrogens (tertiary/aromatic N) is 1. The summed E-state index contributed by atoms with van der Waals surface area (Å²) in [6.07, 6.45) is 3.38. The summed E-state index contributed by atoms with van der Waals surface area (Å²) in [7, 11) is 0. The Morgan fingerprint density at radius 1 is 1.11 bits per heavy atom. The summed E-state index contributed by atoms with van der Waals surface area (Å²) < 4.78 is 11.3. The molecular weight excluding hydrogens is 250 g/mol. The van der Waals surface area contributed by atoms with E-state index in [1.165, 1.54) is 0 Å². The van der Waals surface area contributed by atoms with E-state index in [9.17, 15) is 0 Å². The number of hydrogen-bond donors (Lipinski definition) is 0. The van der Waals surface area contributed by atoms with Gasteiger partial charge in [0.2, 0.25) is 0 Å². The third-order valence-electron chi connectivity index (χ3n) is 2.37. The quantitative estimate of drug-likeness (QED) is 0.764. The Morgan fingerprint density at radius 3 is 2.61 bits per heavy atom. The Hall–Kier alpha value is -1.74. The smallest absolute Gasteiger partial charge is 0.169 e. The van der Waals surface area contributed by atoms with Gasteiger partial charge in [-0.2, -0.15) is 0 Å². The van der Waals surface area contributed by atoms with Crippen molar-refractivity contribution in [1.29, 1.82) is 0 Å². The number of para-hydroxylation sites is 2. The molecule has 0 spiro atoms. The fraction of sp³-hybridized carbons (Fsp3) is 0.214. The SMILES string of the molecule is CCOc1ccccc1Oc1ccncc1CCl. The molecule has 0 bridgehead atoms. The Bertz CT molecular complexity index is 517. The normalized spacial score (nSPS) is 10.1. The number of halogens is 1. The molecule has 0 amide bonds. The highest BCUT2D eigenvalue weighted by Crippen LogP contribution is 2.32. The molecular formula is C14H14ClNO2. The molecule has 3 nitrogen and oxygen atoms in total. The van der Waals surface area contributed by atoms with Crippen molar-refractivity contribution in [1.82, 2.24) is 4.98 Å². The van der Waals surface area contributed by atoms with Crippen LogP contribution in [0.2, 0.25) is 0 Å². The molecule has 0 aliphatic heterocycles. The van der Waals surface area contributed by atoms with Gasteiger partial charge in [-0.1, -0.05) is 12.1 Å². The predicted octanol–water partition coefficient (Wildman–Crippen LogP) is 4.01. The minimum atomic E-state index is 0.361. The molecule has 0 N–H and O–H groups in total. The van der Waals surface area contributed by atoms with Gasteiger partial charge in [-0.15, -0.1) is 11.6 Å². The van der Waals surface area contributed by atoms with E-state index in [2.05, 4.69) is 4.98 Å². The number of pyridine rings is 1. The zero-order valence-corrected chi connectivity index (χ0v) is 10.9. The Morgan fingerprint density at radius 2 is 1.89 bits per heavy atom. The fourth-order valence-corrected chi connectivity index (χ4v) is 1.74. The van der Waals surface area contributed by atoms with Gasteiger partial charge in [0.15, 0.2) is 11.5 Å². The highest BCUT2D eigenvalue weighted by molar-refractivity contribution is 6.17. The minimum absolute atomic E-state index is 0.361. The third-order valence-corrected chi connectivity index (χ3v) is 2.66. The number of alkyl halides is 1. The van der Waals surface area contributed by atoms with Crippen LogP contribution in [0.5, 0.6) is 17.2 Å². The third kappa shape index (κ3) is 2.93. The van der Waals surface area contributed by atoms with Gasteiger partial charge >= 0.3 is 0 Å². The second-order valence-electron chi connectivity index (χ2n) is 3.60. The molecule has 2 rings (SSSR count). The number of hydrogen-bond acceptors (Lipinski definition) is 3. The van der Waals surface area contributed by atoms with Crippen LogP contribution in [0.3, 0.4) is 0 Å². The van der Waals surface area contributed by atoms with Crippen molar-refractivity contribution in [2.45, 2.75) is 12.8 Å².